The summed E-state index contributed by atoms with van der Waals surface area (Å²) in [5, 5.41) is 10.0. The third-order valence-electron chi connectivity index (χ3n) is 20.4. The number of fused-ring (bicyclic) bond motifs is 8. The highest BCUT2D eigenvalue weighted by atomic mass is 28.3. The molecule has 0 heterocycles. The van der Waals surface area contributed by atoms with Gasteiger partial charge in [0.05, 0.1) is 16.1 Å². The van der Waals surface area contributed by atoms with E-state index in [0.29, 0.717) is 11.1 Å². The van der Waals surface area contributed by atoms with Crippen molar-refractivity contribution in [1.82, 2.24) is 0 Å². The normalized spacial score (nSPS) is 19.2. The van der Waals surface area contributed by atoms with Crippen molar-refractivity contribution in [1.29, 1.82) is 0 Å². The first-order valence-electron chi connectivity index (χ1n) is 30.1. The molecule has 0 spiro atoms. The lowest BCUT2D eigenvalue weighted by molar-refractivity contribution is 0.782. The number of hydrogen-bond donors (Lipinski definition) is 0. The lowest BCUT2D eigenvalue weighted by Gasteiger charge is -2.54. The van der Waals surface area contributed by atoms with Crippen LogP contribution < -0.4 is 0 Å². The summed E-state index contributed by atoms with van der Waals surface area (Å²) in [4.78, 5) is 0. The van der Waals surface area contributed by atoms with Crippen LogP contribution in [0.4, 0.5) is 0 Å². The minimum Gasteiger partial charge on any atom is -0.0718 e. The van der Waals surface area contributed by atoms with Gasteiger partial charge in [-0.1, -0.05) is 329 Å². The third kappa shape index (κ3) is 7.63. The Morgan fingerprint density at radius 1 is 0.298 bits per heavy atom. The fourth-order valence-corrected chi connectivity index (χ4v) is 27.1. The first kappa shape index (κ1) is 51.9. The molecule has 0 radical (unpaired) electrons. The van der Waals surface area contributed by atoms with Gasteiger partial charge in [0.1, 0.15) is 0 Å². The van der Waals surface area contributed by atoms with E-state index in [9.17, 15) is 0 Å². The molecule has 0 bridgehead atoms. The smallest absolute Gasteiger partial charge is 0.0718 e. The van der Waals surface area contributed by atoms with Gasteiger partial charge in [-0.15, -0.1) is 0 Å². The van der Waals surface area contributed by atoms with Gasteiger partial charge >= 0.3 is 0 Å². The van der Waals surface area contributed by atoms with Crippen LogP contribution in [-0.4, -0.2) is 16.1 Å². The standard InChI is InChI=1S/C42H36Si.C40H32Si/c1-27-25-39-35(33-19-9-15-29-13-5-7-17-31(29)33)21-11-23-37(39)41(27)43(3,4)42-28(2)26-40-36(22-12-24-38(40)42)34-20-10-16-30-14-6-8-18-32(30)34;1-41(2,39(27-25-31-15-5-9-21-35(31)39)37-23-11-17-29-13-3-7-19-33(29)37)40(28-26-32-16-6-10-22-36(32)40)38-24-12-18-30-14-4-8-20-34(30)38/h5-26,41-42H,1-4H3;3-28H,1-2H3. The lowest BCUT2D eigenvalue weighted by Crippen LogP contribution is -2.64. The topological polar surface area (TPSA) is 0 Å². The Kier molecular flexibility index (Phi) is 12.3. The van der Waals surface area contributed by atoms with E-state index in [2.05, 4.69) is 331 Å². The van der Waals surface area contributed by atoms with Crippen molar-refractivity contribution < 1.29 is 0 Å². The summed E-state index contributed by atoms with van der Waals surface area (Å²) in [6.07, 6.45) is 15.0. The van der Waals surface area contributed by atoms with Crippen molar-refractivity contribution in [2.75, 3.05) is 0 Å². The molecule has 12 aromatic rings. The third-order valence-corrected chi connectivity index (χ3v) is 30.3. The maximum absolute atomic E-state index is 2.65. The molecule has 4 unspecified atom stereocenters. The highest BCUT2D eigenvalue weighted by molar-refractivity contribution is 6.86. The first-order valence-corrected chi connectivity index (χ1v) is 36.3. The molecular formula is C82H68Si2. The van der Waals surface area contributed by atoms with Gasteiger partial charge in [0, 0.05) is 21.2 Å². The SMILES string of the molecule is CC1=Cc2c(-c3cccc4ccccc34)cccc2C1[Si](C)(C)C1C(C)=Cc2c(-c3cccc4ccccc34)cccc21.C[Si](C)(C1(c2cccc3ccccc23)C=Cc2ccccc21)C1(c2cccc3ccccc23)C=Cc2ccccc21. The molecule has 0 saturated carbocycles. The zero-order valence-electron chi connectivity index (χ0n) is 48.9. The van der Waals surface area contributed by atoms with E-state index in [1.807, 2.05) is 0 Å². The fourth-order valence-electron chi connectivity index (χ4n) is 16.9. The molecule has 404 valence electrons. The summed E-state index contributed by atoms with van der Waals surface area (Å²) < 4.78 is 0. The van der Waals surface area contributed by atoms with E-state index in [1.54, 1.807) is 0 Å². The molecule has 4 atom stereocenters. The van der Waals surface area contributed by atoms with Crippen LogP contribution in [0.2, 0.25) is 26.2 Å². The fraction of sp³-hybridized carbons (Fsp3) is 0.122. The Morgan fingerprint density at radius 2 is 0.607 bits per heavy atom. The van der Waals surface area contributed by atoms with E-state index in [4.69, 9.17) is 0 Å². The van der Waals surface area contributed by atoms with Crippen molar-refractivity contribution in [3.63, 3.8) is 0 Å². The Morgan fingerprint density at radius 3 is 1.04 bits per heavy atom. The molecule has 4 aliphatic rings. The highest BCUT2D eigenvalue weighted by Crippen LogP contribution is 2.61. The van der Waals surface area contributed by atoms with Crippen LogP contribution in [0.5, 0.6) is 0 Å². The summed E-state index contributed by atoms with van der Waals surface area (Å²) in [5.41, 5.74) is 23.6. The number of rotatable bonds is 8. The van der Waals surface area contributed by atoms with Gasteiger partial charge < -0.3 is 0 Å². The van der Waals surface area contributed by atoms with Gasteiger partial charge in [0.25, 0.3) is 0 Å². The lowest BCUT2D eigenvalue weighted by atomic mass is 9.86. The van der Waals surface area contributed by atoms with Crippen LogP contribution in [0, 0.1) is 0 Å². The first-order chi connectivity index (χ1) is 41.0. The van der Waals surface area contributed by atoms with Gasteiger partial charge in [0.2, 0.25) is 0 Å². The summed E-state index contributed by atoms with van der Waals surface area (Å²) in [6, 6.07) is 95.1. The second-order valence-corrected chi connectivity index (χ2v) is 34.9. The molecule has 4 aliphatic carbocycles. The largest absolute Gasteiger partial charge is 0.0902 e. The molecule has 0 N–H and O–H groups in total. The monoisotopic (exact) mass is 1110 g/mol. The molecule has 16 rings (SSSR count). The molecule has 0 saturated heterocycles. The molecule has 12 aromatic carbocycles. The predicted molar refractivity (Wildman–Crippen MR) is 367 cm³/mol. The highest BCUT2D eigenvalue weighted by Gasteiger charge is 2.63. The minimum atomic E-state index is -2.53. The van der Waals surface area contributed by atoms with Gasteiger partial charge in [-0.2, -0.15) is 0 Å². The molecule has 0 aliphatic heterocycles. The number of benzene rings is 12. The minimum absolute atomic E-state index is 0.261. The second kappa shape index (κ2) is 19.9. The summed E-state index contributed by atoms with van der Waals surface area (Å²) in [5.74, 6) is 0. The summed E-state index contributed by atoms with van der Waals surface area (Å²) in [6.45, 7) is 15.3. The van der Waals surface area contributed by atoms with Gasteiger partial charge in [-0.05, 0) is 135 Å². The van der Waals surface area contributed by atoms with E-state index in [0.717, 1.165) is 0 Å². The molecule has 0 nitrogen and oxygen atoms in total. The zero-order chi connectivity index (χ0) is 57.0. The van der Waals surface area contributed by atoms with Crippen LogP contribution in [0.15, 0.2) is 278 Å². The van der Waals surface area contributed by atoms with Crippen LogP contribution in [-0.2, 0) is 10.1 Å². The Labute approximate surface area is 497 Å². The van der Waals surface area contributed by atoms with Gasteiger partial charge in [0.15, 0.2) is 0 Å². The van der Waals surface area contributed by atoms with Crippen LogP contribution >= 0.6 is 0 Å². The molecule has 0 amide bonds. The summed E-state index contributed by atoms with van der Waals surface area (Å²) >= 11 is 0. The Hall–Kier alpha value is -8.93. The maximum Gasteiger partial charge on any atom is 0.0902 e. The zero-order valence-corrected chi connectivity index (χ0v) is 50.9. The Bertz CT molecular complexity index is 4470. The van der Waals surface area contributed by atoms with Gasteiger partial charge in [-0.25, -0.2) is 0 Å². The van der Waals surface area contributed by atoms with Crippen molar-refractivity contribution in [3.05, 3.63) is 334 Å². The average molecular weight is 1110 g/mol. The maximum atomic E-state index is 2.65. The molecule has 2 heteroatoms. The van der Waals surface area contributed by atoms with E-state index >= 15 is 0 Å². The number of allylic oxidation sites excluding steroid dienone is 4. The van der Waals surface area contributed by atoms with E-state index < -0.39 is 16.1 Å². The molecule has 0 fully saturated rings. The van der Waals surface area contributed by atoms with Crippen LogP contribution in [0.25, 0.3) is 89.6 Å². The van der Waals surface area contributed by atoms with Crippen molar-refractivity contribution in [2.24, 2.45) is 0 Å². The molecular weight excluding hydrogens is 1040 g/mol. The van der Waals surface area contributed by atoms with Crippen molar-refractivity contribution >= 4 is 83.5 Å². The number of hydrogen-bond acceptors (Lipinski definition) is 0. The van der Waals surface area contributed by atoms with E-state index in [-0.39, 0.29) is 10.1 Å². The average Bonchev–Trinajstić information content (AvgIpc) is 1.41. The van der Waals surface area contributed by atoms with Gasteiger partial charge in [-0.3, -0.25) is 0 Å². The van der Waals surface area contributed by atoms with Crippen LogP contribution in [0.1, 0.15) is 80.6 Å². The molecule has 0 aromatic heterocycles. The van der Waals surface area contributed by atoms with E-state index in [1.165, 1.54) is 132 Å². The molecule has 84 heavy (non-hydrogen) atoms. The Balaban J connectivity index is 0.000000143. The van der Waals surface area contributed by atoms with Crippen molar-refractivity contribution in [3.8, 4) is 22.3 Å². The van der Waals surface area contributed by atoms with Crippen molar-refractivity contribution in [2.45, 2.75) is 61.2 Å². The van der Waals surface area contributed by atoms with Crippen LogP contribution in [0.3, 0.4) is 0 Å². The quantitative estimate of drug-likeness (QED) is 0.133. The summed E-state index contributed by atoms with van der Waals surface area (Å²) in [7, 11) is -4.49. The second-order valence-electron chi connectivity index (χ2n) is 25.3. The predicted octanol–water partition coefficient (Wildman–Crippen LogP) is 21.9.